The monoisotopic (exact) mass is 381 g/mol. The van der Waals surface area contributed by atoms with Gasteiger partial charge in [0.15, 0.2) is 0 Å². The van der Waals surface area contributed by atoms with Gasteiger partial charge >= 0.3 is 0 Å². The summed E-state index contributed by atoms with van der Waals surface area (Å²) in [5.41, 5.74) is 2.56. The van der Waals surface area contributed by atoms with Crippen molar-refractivity contribution in [2.24, 2.45) is 0 Å². The van der Waals surface area contributed by atoms with Crippen LogP contribution in [0, 0.1) is 0 Å². The van der Waals surface area contributed by atoms with Crippen molar-refractivity contribution >= 4 is 15.9 Å². The lowest BCUT2D eigenvalue weighted by Crippen LogP contribution is -2.16. The Hall–Kier alpha value is -2.10. The summed E-state index contributed by atoms with van der Waals surface area (Å²) in [5.74, 6) is 1.73. The molecule has 2 nitrogen and oxygen atoms in total. The highest BCUT2D eigenvalue weighted by molar-refractivity contribution is 9.10. The van der Waals surface area contributed by atoms with Gasteiger partial charge in [0.2, 0.25) is 0 Å². The molecule has 0 aromatic heterocycles. The van der Waals surface area contributed by atoms with Gasteiger partial charge in [-0.05, 0) is 60.5 Å². The number of halogens is 1. The van der Waals surface area contributed by atoms with E-state index < -0.39 is 0 Å². The number of hydrogen-bond acceptors (Lipinski definition) is 2. The highest BCUT2D eigenvalue weighted by Gasteiger charge is 1.99. The van der Waals surface area contributed by atoms with E-state index in [0.29, 0.717) is 0 Å². The van der Waals surface area contributed by atoms with Crippen molar-refractivity contribution in [3.8, 4) is 11.5 Å². The van der Waals surface area contributed by atoms with Crippen LogP contribution in [0.5, 0.6) is 11.5 Å². The van der Waals surface area contributed by atoms with Gasteiger partial charge in [0.25, 0.3) is 0 Å². The Morgan fingerprint density at radius 2 is 1.50 bits per heavy atom. The average Bonchev–Trinajstić information content (AvgIpc) is 2.61. The van der Waals surface area contributed by atoms with Gasteiger partial charge in [0, 0.05) is 11.0 Å². The predicted molar refractivity (Wildman–Crippen MR) is 103 cm³/mol. The van der Waals surface area contributed by atoms with E-state index in [0.717, 1.165) is 35.5 Å². The van der Waals surface area contributed by atoms with E-state index in [1.54, 1.807) is 0 Å². The molecule has 0 heterocycles. The third-order valence-electron chi connectivity index (χ3n) is 3.71. The summed E-state index contributed by atoms with van der Waals surface area (Å²) in [6, 6.07) is 26.5. The van der Waals surface area contributed by atoms with Crippen LogP contribution in [0.25, 0.3) is 0 Å². The first-order valence-electron chi connectivity index (χ1n) is 8.06. The minimum absolute atomic E-state index is 0.836. The van der Waals surface area contributed by atoms with Crippen molar-refractivity contribution in [3.63, 3.8) is 0 Å². The molecule has 0 spiro atoms. The van der Waals surface area contributed by atoms with E-state index in [9.17, 15) is 0 Å². The van der Waals surface area contributed by atoms with Crippen LogP contribution < -0.4 is 10.1 Å². The summed E-state index contributed by atoms with van der Waals surface area (Å²) < 4.78 is 6.99. The molecule has 0 amide bonds. The van der Waals surface area contributed by atoms with Crippen LogP contribution in [-0.2, 0) is 13.0 Å². The SMILES string of the molecule is Brc1ccc(CCNCc2cccc(Oc3ccccc3)c2)cc1. The van der Waals surface area contributed by atoms with Crippen LogP contribution in [0.4, 0.5) is 0 Å². The lowest BCUT2D eigenvalue weighted by molar-refractivity contribution is 0.481. The third kappa shape index (κ3) is 5.22. The van der Waals surface area contributed by atoms with E-state index in [4.69, 9.17) is 4.74 Å². The summed E-state index contributed by atoms with van der Waals surface area (Å²) >= 11 is 3.46. The number of rotatable bonds is 7. The van der Waals surface area contributed by atoms with E-state index in [-0.39, 0.29) is 0 Å². The molecule has 0 aliphatic carbocycles. The molecular weight excluding hydrogens is 362 g/mol. The van der Waals surface area contributed by atoms with E-state index in [1.807, 2.05) is 42.5 Å². The highest BCUT2D eigenvalue weighted by Crippen LogP contribution is 2.21. The summed E-state index contributed by atoms with van der Waals surface area (Å²) in [5, 5.41) is 3.49. The molecule has 0 atom stereocenters. The Morgan fingerprint density at radius 1 is 0.750 bits per heavy atom. The first-order valence-corrected chi connectivity index (χ1v) is 8.86. The van der Waals surface area contributed by atoms with E-state index in [2.05, 4.69) is 57.6 Å². The van der Waals surface area contributed by atoms with Crippen LogP contribution in [0.3, 0.4) is 0 Å². The molecule has 1 N–H and O–H groups in total. The number of hydrogen-bond donors (Lipinski definition) is 1. The summed E-state index contributed by atoms with van der Waals surface area (Å²) in [4.78, 5) is 0. The Labute approximate surface area is 151 Å². The molecular formula is C21H20BrNO. The number of para-hydroxylation sites is 1. The van der Waals surface area contributed by atoms with Crippen LogP contribution in [0.15, 0.2) is 83.3 Å². The van der Waals surface area contributed by atoms with Crippen LogP contribution in [0.1, 0.15) is 11.1 Å². The van der Waals surface area contributed by atoms with Crippen molar-refractivity contribution in [3.05, 3.63) is 94.5 Å². The van der Waals surface area contributed by atoms with E-state index in [1.165, 1.54) is 11.1 Å². The standard InChI is InChI=1S/C21H20BrNO/c22-19-11-9-17(10-12-19)13-14-23-16-18-5-4-8-21(15-18)24-20-6-2-1-3-7-20/h1-12,15,23H,13-14,16H2. The topological polar surface area (TPSA) is 21.3 Å². The smallest absolute Gasteiger partial charge is 0.127 e. The second-order valence-electron chi connectivity index (χ2n) is 5.62. The zero-order valence-corrected chi connectivity index (χ0v) is 15.0. The molecule has 0 radical (unpaired) electrons. The molecule has 3 heteroatoms. The summed E-state index contributed by atoms with van der Waals surface area (Å²) in [6.07, 6.45) is 1.02. The Morgan fingerprint density at radius 3 is 2.29 bits per heavy atom. The van der Waals surface area contributed by atoms with E-state index >= 15 is 0 Å². The van der Waals surface area contributed by atoms with Crippen LogP contribution in [0.2, 0.25) is 0 Å². The Balaban J connectivity index is 1.48. The highest BCUT2D eigenvalue weighted by atomic mass is 79.9. The molecule has 0 aliphatic rings. The maximum atomic E-state index is 5.87. The average molecular weight is 382 g/mol. The molecule has 24 heavy (non-hydrogen) atoms. The normalized spacial score (nSPS) is 10.5. The minimum Gasteiger partial charge on any atom is -0.457 e. The maximum absolute atomic E-state index is 5.87. The predicted octanol–water partition coefficient (Wildman–Crippen LogP) is 5.57. The van der Waals surface area contributed by atoms with Gasteiger partial charge in [-0.25, -0.2) is 0 Å². The van der Waals surface area contributed by atoms with Crippen molar-refractivity contribution in [1.29, 1.82) is 0 Å². The molecule has 3 aromatic rings. The largest absolute Gasteiger partial charge is 0.457 e. The second-order valence-corrected chi connectivity index (χ2v) is 6.53. The van der Waals surface area contributed by atoms with Gasteiger partial charge in [-0.2, -0.15) is 0 Å². The Kier molecular flexibility index (Phi) is 6.05. The lowest BCUT2D eigenvalue weighted by atomic mass is 10.1. The van der Waals surface area contributed by atoms with Crippen molar-refractivity contribution < 1.29 is 4.74 Å². The molecule has 0 saturated carbocycles. The van der Waals surface area contributed by atoms with Gasteiger partial charge in [-0.15, -0.1) is 0 Å². The van der Waals surface area contributed by atoms with Crippen molar-refractivity contribution in [1.82, 2.24) is 5.32 Å². The van der Waals surface area contributed by atoms with Crippen molar-refractivity contribution in [2.45, 2.75) is 13.0 Å². The van der Waals surface area contributed by atoms with Crippen LogP contribution >= 0.6 is 15.9 Å². The lowest BCUT2D eigenvalue weighted by Gasteiger charge is -2.09. The van der Waals surface area contributed by atoms with Gasteiger partial charge in [0.05, 0.1) is 0 Å². The molecule has 0 bridgehead atoms. The molecule has 3 rings (SSSR count). The zero-order valence-electron chi connectivity index (χ0n) is 13.4. The van der Waals surface area contributed by atoms with Crippen LogP contribution in [-0.4, -0.2) is 6.54 Å². The molecule has 3 aromatic carbocycles. The number of nitrogens with one attached hydrogen (secondary N) is 1. The van der Waals surface area contributed by atoms with Crippen molar-refractivity contribution in [2.75, 3.05) is 6.54 Å². The molecule has 0 aliphatic heterocycles. The second kappa shape index (κ2) is 8.67. The first kappa shape index (κ1) is 16.7. The van der Waals surface area contributed by atoms with Gasteiger partial charge in [-0.1, -0.05) is 58.4 Å². The van der Waals surface area contributed by atoms with Gasteiger partial charge in [0.1, 0.15) is 11.5 Å². The quantitative estimate of drug-likeness (QED) is 0.539. The third-order valence-corrected chi connectivity index (χ3v) is 4.24. The fourth-order valence-corrected chi connectivity index (χ4v) is 2.72. The zero-order chi connectivity index (χ0) is 16.6. The number of ether oxygens (including phenoxy) is 1. The summed E-state index contributed by atoms with van der Waals surface area (Å²) in [6.45, 7) is 1.79. The fraction of sp³-hybridized carbons (Fsp3) is 0.143. The molecule has 0 unspecified atom stereocenters. The first-order chi connectivity index (χ1) is 11.8. The van der Waals surface area contributed by atoms with Gasteiger partial charge in [-0.3, -0.25) is 0 Å². The summed E-state index contributed by atoms with van der Waals surface area (Å²) in [7, 11) is 0. The molecule has 0 fully saturated rings. The number of benzene rings is 3. The molecule has 122 valence electrons. The maximum Gasteiger partial charge on any atom is 0.127 e. The fourth-order valence-electron chi connectivity index (χ4n) is 2.46. The van der Waals surface area contributed by atoms with Gasteiger partial charge < -0.3 is 10.1 Å². The Bertz CT molecular complexity index is 756. The minimum atomic E-state index is 0.836. The molecule has 0 saturated heterocycles.